The molecule has 3 nitrogen and oxygen atoms in total. The summed E-state index contributed by atoms with van der Waals surface area (Å²) in [4.78, 5) is 0. The largest absolute Gasteiger partial charge is 0.486 e. The van der Waals surface area contributed by atoms with Gasteiger partial charge < -0.3 is 14.5 Å². The number of benzene rings is 1. The highest BCUT2D eigenvalue weighted by molar-refractivity contribution is 6.30. The van der Waals surface area contributed by atoms with E-state index in [1.807, 2.05) is 13.0 Å². The number of furan rings is 1. The summed E-state index contributed by atoms with van der Waals surface area (Å²) in [6.45, 7) is 6.08. The predicted octanol–water partition coefficient (Wildman–Crippen LogP) is 4.46. The van der Waals surface area contributed by atoms with Crippen molar-refractivity contribution in [2.75, 3.05) is 6.54 Å². The first-order valence-electron chi connectivity index (χ1n) is 6.97. The lowest BCUT2D eigenvalue weighted by atomic mass is 10.2. The third-order valence-corrected chi connectivity index (χ3v) is 3.35. The van der Waals surface area contributed by atoms with Crippen LogP contribution in [-0.2, 0) is 13.2 Å². The lowest BCUT2D eigenvalue weighted by Crippen LogP contribution is -2.13. The zero-order valence-electron chi connectivity index (χ0n) is 12.2. The van der Waals surface area contributed by atoms with Gasteiger partial charge in [-0.1, -0.05) is 18.5 Å². The number of hydrogen-bond acceptors (Lipinski definition) is 3. The minimum Gasteiger partial charge on any atom is -0.486 e. The van der Waals surface area contributed by atoms with Crippen LogP contribution in [-0.4, -0.2) is 6.54 Å². The van der Waals surface area contributed by atoms with Gasteiger partial charge in [-0.05, 0) is 43.7 Å². The Hall–Kier alpha value is -1.52. The molecular formula is C16H19ClFNO2. The van der Waals surface area contributed by atoms with Crippen molar-refractivity contribution in [2.24, 2.45) is 0 Å². The SMILES string of the molecule is CCCNCc1oc(COc2ccc(F)c(Cl)c2)cc1C. The Morgan fingerprint density at radius 3 is 2.86 bits per heavy atom. The van der Waals surface area contributed by atoms with Gasteiger partial charge in [0.25, 0.3) is 0 Å². The molecule has 0 atom stereocenters. The number of nitrogens with one attached hydrogen (secondary N) is 1. The van der Waals surface area contributed by atoms with Crippen LogP contribution in [0, 0.1) is 12.7 Å². The highest BCUT2D eigenvalue weighted by atomic mass is 35.5. The number of rotatable bonds is 7. The maximum atomic E-state index is 13.1. The van der Waals surface area contributed by atoms with Crippen LogP contribution in [0.2, 0.25) is 5.02 Å². The normalized spacial score (nSPS) is 10.9. The Balaban J connectivity index is 1.93. The van der Waals surface area contributed by atoms with Crippen LogP contribution < -0.4 is 10.1 Å². The quantitative estimate of drug-likeness (QED) is 0.767. The van der Waals surface area contributed by atoms with E-state index >= 15 is 0 Å². The van der Waals surface area contributed by atoms with E-state index in [0.29, 0.717) is 12.3 Å². The maximum absolute atomic E-state index is 13.1. The van der Waals surface area contributed by atoms with Crippen molar-refractivity contribution in [3.8, 4) is 5.75 Å². The maximum Gasteiger partial charge on any atom is 0.146 e. The van der Waals surface area contributed by atoms with Gasteiger partial charge in [0.05, 0.1) is 11.6 Å². The summed E-state index contributed by atoms with van der Waals surface area (Å²) in [5.41, 5.74) is 1.09. The van der Waals surface area contributed by atoms with Crippen molar-refractivity contribution in [1.82, 2.24) is 5.32 Å². The highest BCUT2D eigenvalue weighted by Crippen LogP contribution is 2.23. The van der Waals surface area contributed by atoms with Crippen molar-refractivity contribution in [1.29, 1.82) is 0 Å². The predicted molar refractivity (Wildman–Crippen MR) is 81.2 cm³/mol. The molecule has 0 aliphatic rings. The standard InChI is InChI=1S/C16H19ClFNO2/c1-3-6-19-9-16-11(2)7-13(21-16)10-20-12-4-5-15(18)14(17)8-12/h4-5,7-8,19H,3,6,9-10H2,1-2H3. The van der Waals surface area contributed by atoms with Crippen molar-refractivity contribution in [2.45, 2.75) is 33.4 Å². The Bertz CT molecular complexity index is 598. The van der Waals surface area contributed by atoms with E-state index < -0.39 is 5.82 Å². The summed E-state index contributed by atoms with van der Waals surface area (Å²) in [5, 5.41) is 3.35. The lowest BCUT2D eigenvalue weighted by Gasteiger charge is -2.05. The average Bonchev–Trinajstić information content (AvgIpc) is 2.81. The fourth-order valence-electron chi connectivity index (χ4n) is 1.94. The molecule has 2 aromatic rings. The fraction of sp³-hybridized carbons (Fsp3) is 0.375. The molecule has 0 bridgehead atoms. The number of aryl methyl sites for hydroxylation is 1. The number of halogens is 2. The van der Waals surface area contributed by atoms with Crippen molar-refractivity contribution in [3.63, 3.8) is 0 Å². The Labute approximate surface area is 129 Å². The summed E-state index contributed by atoms with van der Waals surface area (Å²) in [6, 6.07) is 6.23. The summed E-state index contributed by atoms with van der Waals surface area (Å²) in [5.74, 6) is 1.71. The fourth-order valence-corrected chi connectivity index (χ4v) is 2.11. The van der Waals surface area contributed by atoms with E-state index in [9.17, 15) is 4.39 Å². The summed E-state index contributed by atoms with van der Waals surface area (Å²) >= 11 is 5.71. The molecule has 0 aliphatic carbocycles. The van der Waals surface area contributed by atoms with Crippen LogP contribution in [0.1, 0.15) is 30.4 Å². The summed E-state index contributed by atoms with van der Waals surface area (Å²) in [6.07, 6.45) is 1.08. The van der Waals surface area contributed by atoms with Gasteiger partial charge in [-0.3, -0.25) is 0 Å². The molecule has 114 valence electrons. The molecule has 1 heterocycles. The minimum absolute atomic E-state index is 0.0487. The molecule has 0 spiro atoms. The third-order valence-electron chi connectivity index (χ3n) is 3.06. The molecule has 0 aliphatic heterocycles. The topological polar surface area (TPSA) is 34.4 Å². The lowest BCUT2D eigenvalue weighted by molar-refractivity contribution is 0.264. The Kier molecular flexibility index (Phi) is 5.65. The molecule has 0 saturated carbocycles. The monoisotopic (exact) mass is 311 g/mol. The smallest absolute Gasteiger partial charge is 0.146 e. The van der Waals surface area contributed by atoms with Crippen molar-refractivity contribution < 1.29 is 13.5 Å². The van der Waals surface area contributed by atoms with Gasteiger partial charge >= 0.3 is 0 Å². The van der Waals surface area contributed by atoms with Crippen LogP contribution in [0.15, 0.2) is 28.7 Å². The van der Waals surface area contributed by atoms with Crippen molar-refractivity contribution in [3.05, 3.63) is 52.2 Å². The first kappa shape index (κ1) is 15.9. The molecule has 21 heavy (non-hydrogen) atoms. The molecule has 0 fully saturated rings. The van der Waals surface area contributed by atoms with E-state index in [4.69, 9.17) is 20.8 Å². The van der Waals surface area contributed by atoms with Gasteiger partial charge in [-0.2, -0.15) is 0 Å². The molecular weight excluding hydrogens is 293 g/mol. The van der Waals surface area contributed by atoms with Crippen LogP contribution in [0.4, 0.5) is 4.39 Å². The zero-order chi connectivity index (χ0) is 15.2. The second-order valence-corrected chi connectivity index (χ2v) is 5.27. The zero-order valence-corrected chi connectivity index (χ0v) is 13.0. The molecule has 5 heteroatoms. The minimum atomic E-state index is -0.456. The number of hydrogen-bond donors (Lipinski definition) is 1. The molecule has 1 aromatic heterocycles. The molecule has 1 N–H and O–H groups in total. The second kappa shape index (κ2) is 7.48. The molecule has 0 amide bonds. The van der Waals surface area contributed by atoms with Gasteiger partial charge in [0.15, 0.2) is 0 Å². The van der Waals surface area contributed by atoms with Crippen LogP contribution in [0.3, 0.4) is 0 Å². The second-order valence-electron chi connectivity index (χ2n) is 4.86. The van der Waals surface area contributed by atoms with Crippen LogP contribution in [0.25, 0.3) is 0 Å². The summed E-state index contributed by atoms with van der Waals surface area (Å²) < 4.78 is 24.4. The van der Waals surface area contributed by atoms with E-state index in [1.54, 1.807) is 6.07 Å². The van der Waals surface area contributed by atoms with Crippen LogP contribution in [0.5, 0.6) is 5.75 Å². The van der Waals surface area contributed by atoms with Gasteiger partial charge in [0.1, 0.15) is 29.7 Å². The van der Waals surface area contributed by atoms with Gasteiger partial charge in [-0.25, -0.2) is 4.39 Å². The van der Waals surface area contributed by atoms with E-state index in [0.717, 1.165) is 30.0 Å². The molecule has 0 radical (unpaired) electrons. The van der Waals surface area contributed by atoms with Crippen LogP contribution >= 0.6 is 11.6 Å². The first-order valence-corrected chi connectivity index (χ1v) is 7.34. The highest BCUT2D eigenvalue weighted by Gasteiger charge is 2.08. The third kappa shape index (κ3) is 4.48. The van der Waals surface area contributed by atoms with Gasteiger partial charge in [0, 0.05) is 6.07 Å². The molecule has 0 unspecified atom stereocenters. The molecule has 1 aromatic carbocycles. The van der Waals surface area contributed by atoms with E-state index in [-0.39, 0.29) is 11.6 Å². The first-order chi connectivity index (χ1) is 10.1. The molecule has 2 rings (SSSR count). The van der Waals surface area contributed by atoms with Gasteiger partial charge in [0.2, 0.25) is 0 Å². The van der Waals surface area contributed by atoms with Crippen molar-refractivity contribution >= 4 is 11.6 Å². The molecule has 0 saturated heterocycles. The summed E-state index contributed by atoms with van der Waals surface area (Å²) in [7, 11) is 0. The van der Waals surface area contributed by atoms with Gasteiger partial charge in [-0.15, -0.1) is 0 Å². The Morgan fingerprint density at radius 2 is 2.14 bits per heavy atom. The van der Waals surface area contributed by atoms with E-state index in [1.165, 1.54) is 12.1 Å². The Morgan fingerprint density at radius 1 is 1.33 bits per heavy atom. The number of ether oxygens (including phenoxy) is 1. The van der Waals surface area contributed by atoms with E-state index in [2.05, 4.69) is 12.2 Å². The average molecular weight is 312 g/mol.